The minimum Gasteiger partial charge on any atom is -0.294 e. The van der Waals surface area contributed by atoms with Crippen LogP contribution in [-0.4, -0.2) is 35.7 Å². The Morgan fingerprint density at radius 3 is 2.66 bits per heavy atom. The van der Waals surface area contributed by atoms with E-state index in [4.69, 9.17) is 0 Å². The Morgan fingerprint density at radius 2 is 1.90 bits per heavy atom. The van der Waals surface area contributed by atoms with Crippen LogP contribution in [0.5, 0.6) is 0 Å². The molecule has 5 nitrogen and oxygen atoms in total. The van der Waals surface area contributed by atoms with E-state index in [1.807, 2.05) is 17.5 Å². The average Bonchev–Trinajstić information content (AvgIpc) is 3.41. The lowest BCUT2D eigenvalue weighted by molar-refractivity contribution is 0.184. The number of benzene rings is 2. The van der Waals surface area contributed by atoms with Crippen LogP contribution in [0.2, 0.25) is 0 Å². The Hall–Kier alpha value is -2.13. The second kappa shape index (κ2) is 6.98. The number of rotatable bonds is 4. The molecule has 0 amide bonds. The van der Waals surface area contributed by atoms with Crippen LogP contribution in [0, 0.1) is 5.82 Å². The van der Waals surface area contributed by atoms with Crippen molar-refractivity contribution in [2.45, 2.75) is 29.9 Å². The lowest BCUT2D eigenvalue weighted by Crippen LogP contribution is -2.45. The van der Waals surface area contributed by atoms with Crippen LogP contribution in [0.15, 0.2) is 65.0 Å². The van der Waals surface area contributed by atoms with E-state index in [0.717, 1.165) is 29.1 Å². The van der Waals surface area contributed by atoms with Gasteiger partial charge < -0.3 is 0 Å². The molecule has 2 aliphatic rings. The normalized spacial score (nSPS) is 23.6. The molecule has 1 spiro atoms. The van der Waals surface area contributed by atoms with Gasteiger partial charge in [-0.2, -0.15) is 4.31 Å². The second-order valence-corrected chi connectivity index (χ2v) is 10.4. The molecule has 3 aromatic rings. The second-order valence-electron chi connectivity index (χ2n) is 7.55. The molecule has 8 heteroatoms. The van der Waals surface area contributed by atoms with Gasteiger partial charge in [0.2, 0.25) is 10.0 Å². The number of halogens is 1. The third kappa shape index (κ3) is 3.11. The van der Waals surface area contributed by atoms with Gasteiger partial charge in [-0.05, 0) is 35.7 Å². The van der Waals surface area contributed by atoms with Crippen molar-refractivity contribution < 1.29 is 12.8 Å². The molecule has 0 bridgehead atoms. The summed E-state index contributed by atoms with van der Waals surface area (Å²) < 4.78 is 41.9. The Labute approximate surface area is 173 Å². The van der Waals surface area contributed by atoms with Gasteiger partial charge in [-0.1, -0.05) is 30.3 Å². The summed E-state index contributed by atoms with van der Waals surface area (Å²) in [5, 5.41) is 2.98. The molecule has 150 valence electrons. The Bertz CT molecular complexity index is 1130. The number of hydrogen-bond donors (Lipinski definition) is 0. The number of thiazole rings is 1. The van der Waals surface area contributed by atoms with Gasteiger partial charge in [0.25, 0.3) is 0 Å². The maximum atomic E-state index is 13.5. The van der Waals surface area contributed by atoms with Gasteiger partial charge in [0.05, 0.1) is 17.0 Å². The van der Waals surface area contributed by atoms with Crippen LogP contribution in [0.25, 0.3) is 0 Å². The van der Waals surface area contributed by atoms with Crippen molar-refractivity contribution in [3.63, 3.8) is 0 Å². The van der Waals surface area contributed by atoms with Gasteiger partial charge in [0.15, 0.2) is 0 Å². The first-order chi connectivity index (χ1) is 14.0. The molecule has 0 radical (unpaired) electrons. The third-order valence-electron chi connectivity index (χ3n) is 5.84. The van der Waals surface area contributed by atoms with Crippen LogP contribution in [-0.2, 0) is 28.7 Å². The lowest BCUT2D eigenvalue weighted by Gasteiger charge is -2.34. The van der Waals surface area contributed by atoms with Crippen molar-refractivity contribution in [2.75, 3.05) is 13.1 Å². The van der Waals surface area contributed by atoms with Crippen LogP contribution in [0.4, 0.5) is 4.39 Å². The zero-order valence-corrected chi connectivity index (χ0v) is 17.3. The fourth-order valence-corrected chi connectivity index (χ4v) is 7.21. The molecule has 29 heavy (non-hydrogen) atoms. The molecule has 3 heterocycles. The summed E-state index contributed by atoms with van der Waals surface area (Å²) in [6, 6.07) is 13.4. The topological polar surface area (TPSA) is 53.5 Å². The first kappa shape index (κ1) is 18.9. The molecular formula is C21H20FN3O2S2. The maximum absolute atomic E-state index is 13.5. The molecular weight excluding hydrogens is 409 g/mol. The average molecular weight is 430 g/mol. The summed E-state index contributed by atoms with van der Waals surface area (Å²) in [7, 11) is -3.63. The monoisotopic (exact) mass is 429 g/mol. The molecule has 0 saturated carbocycles. The molecule has 5 rings (SSSR count). The molecule has 1 atom stereocenters. The summed E-state index contributed by atoms with van der Waals surface area (Å²) in [5.41, 5.74) is 1.03. The minimum atomic E-state index is -3.63. The largest absolute Gasteiger partial charge is 0.294 e. The van der Waals surface area contributed by atoms with E-state index in [1.165, 1.54) is 12.1 Å². The van der Waals surface area contributed by atoms with Gasteiger partial charge in [0, 0.05) is 31.2 Å². The van der Waals surface area contributed by atoms with Crippen LogP contribution >= 0.6 is 11.3 Å². The number of fused-ring (bicyclic) bond motifs is 2. The molecule has 1 aromatic heterocycles. The van der Waals surface area contributed by atoms with E-state index in [1.54, 1.807) is 46.1 Å². The molecule has 2 aliphatic heterocycles. The van der Waals surface area contributed by atoms with E-state index in [0.29, 0.717) is 18.0 Å². The molecule has 2 aromatic carbocycles. The van der Waals surface area contributed by atoms with Crippen molar-refractivity contribution >= 4 is 21.4 Å². The van der Waals surface area contributed by atoms with Gasteiger partial charge in [-0.3, -0.25) is 4.90 Å². The Morgan fingerprint density at radius 1 is 1.10 bits per heavy atom. The van der Waals surface area contributed by atoms with Crippen molar-refractivity contribution in [1.29, 1.82) is 0 Å². The number of hydrogen-bond acceptors (Lipinski definition) is 5. The zero-order valence-electron chi connectivity index (χ0n) is 15.7. The smallest absolute Gasteiger partial charge is 0.244 e. The highest BCUT2D eigenvalue weighted by Crippen LogP contribution is 2.50. The Balaban J connectivity index is 1.54. The first-order valence-electron chi connectivity index (χ1n) is 9.47. The highest BCUT2D eigenvalue weighted by molar-refractivity contribution is 7.89. The molecule has 0 N–H and O–H groups in total. The Kier molecular flexibility index (Phi) is 4.54. The predicted octanol–water partition coefficient (Wildman–Crippen LogP) is 3.59. The van der Waals surface area contributed by atoms with Crippen molar-refractivity contribution in [3.05, 3.63) is 82.1 Å². The molecule has 0 aliphatic carbocycles. The van der Waals surface area contributed by atoms with Gasteiger partial charge >= 0.3 is 0 Å². The fourth-order valence-electron chi connectivity index (χ4n) is 4.50. The van der Waals surface area contributed by atoms with Crippen molar-refractivity contribution in [3.8, 4) is 0 Å². The number of likely N-dealkylation sites (tertiary alicyclic amines) is 1. The summed E-state index contributed by atoms with van der Waals surface area (Å²) >= 11 is 1.61. The molecule has 1 saturated heterocycles. The number of nitrogens with zero attached hydrogens (tertiary/aromatic N) is 3. The summed E-state index contributed by atoms with van der Waals surface area (Å²) in [5.74, 6) is -0.327. The highest BCUT2D eigenvalue weighted by atomic mass is 32.2. The van der Waals surface area contributed by atoms with E-state index in [2.05, 4.69) is 9.88 Å². The SMILES string of the molecule is O=S1(=O)c2ccccc2C2(CCN(Cc3nccs3)C2)N1Cc1ccc(F)cc1. The van der Waals surface area contributed by atoms with E-state index in [-0.39, 0.29) is 12.4 Å². The predicted molar refractivity (Wildman–Crippen MR) is 109 cm³/mol. The van der Waals surface area contributed by atoms with Crippen LogP contribution in [0.3, 0.4) is 0 Å². The zero-order chi connectivity index (χ0) is 20.1. The fraction of sp³-hybridized carbons (Fsp3) is 0.286. The standard InChI is InChI=1S/C21H20FN3O2S2/c22-17-7-5-16(6-8-17)13-25-21(18-3-1-2-4-19(18)29(25,26)27)9-11-24(15-21)14-20-23-10-12-28-20/h1-8,10,12H,9,11,13-15H2. The summed E-state index contributed by atoms with van der Waals surface area (Å²) in [6.07, 6.45) is 2.51. The number of aromatic nitrogens is 1. The molecule has 1 unspecified atom stereocenters. The summed E-state index contributed by atoms with van der Waals surface area (Å²) in [6.45, 7) is 2.35. The maximum Gasteiger partial charge on any atom is 0.244 e. The first-order valence-corrected chi connectivity index (χ1v) is 11.8. The highest BCUT2D eigenvalue weighted by Gasteiger charge is 2.56. The van der Waals surface area contributed by atoms with E-state index < -0.39 is 15.6 Å². The third-order valence-corrected chi connectivity index (χ3v) is 8.58. The van der Waals surface area contributed by atoms with Crippen LogP contribution < -0.4 is 0 Å². The lowest BCUT2D eigenvalue weighted by atomic mass is 9.88. The molecule has 1 fully saturated rings. The van der Waals surface area contributed by atoms with Gasteiger partial charge in [-0.15, -0.1) is 11.3 Å². The van der Waals surface area contributed by atoms with Gasteiger partial charge in [0.1, 0.15) is 10.8 Å². The minimum absolute atomic E-state index is 0.225. The van der Waals surface area contributed by atoms with Crippen molar-refractivity contribution in [2.24, 2.45) is 0 Å². The van der Waals surface area contributed by atoms with E-state index in [9.17, 15) is 12.8 Å². The number of sulfonamides is 1. The van der Waals surface area contributed by atoms with Gasteiger partial charge in [-0.25, -0.2) is 17.8 Å². The van der Waals surface area contributed by atoms with Crippen LogP contribution in [0.1, 0.15) is 22.6 Å². The quantitative estimate of drug-likeness (QED) is 0.636. The van der Waals surface area contributed by atoms with E-state index >= 15 is 0 Å². The summed E-state index contributed by atoms with van der Waals surface area (Å²) in [4.78, 5) is 7.03. The van der Waals surface area contributed by atoms with Crippen molar-refractivity contribution in [1.82, 2.24) is 14.2 Å².